The molecule has 1 heterocycles. The van der Waals surface area contributed by atoms with Gasteiger partial charge in [0.2, 0.25) is 5.91 Å². The Kier molecular flexibility index (Phi) is 4.64. The molecule has 0 saturated carbocycles. The number of carboxylic acids is 1. The maximum Gasteiger partial charge on any atom is 0.335 e. The molecule has 3 rings (SSSR count). The second-order valence-corrected chi connectivity index (χ2v) is 8.05. The summed E-state index contributed by atoms with van der Waals surface area (Å²) >= 11 is 0. The zero-order chi connectivity index (χ0) is 18.9. The third-order valence-corrected chi connectivity index (χ3v) is 5.48. The van der Waals surface area contributed by atoms with E-state index in [2.05, 4.69) is 10.6 Å². The molecule has 1 atom stereocenters. The molecule has 1 amide bonds. The molecule has 1 aliphatic rings. The number of hydrogen-bond acceptors (Lipinski definition) is 5. The molecule has 26 heavy (non-hydrogen) atoms. The molecule has 0 radical (unpaired) electrons. The lowest BCUT2D eigenvalue weighted by atomic mass is 10.1. The van der Waals surface area contributed by atoms with Crippen LogP contribution >= 0.6 is 0 Å². The predicted octanol–water partition coefficient (Wildman–Crippen LogP) is 1.87. The van der Waals surface area contributed by atoms with Crippen LogP contribution in [0.25, 0.3) is 0 Å². The van der Waals surface area contributed by atoms with Crippen molar-refractivity contribution in [2.45, 2.75) is 11.8 Å². The van der Waals surface area contributed by atoms with Gasteiger partial charge in [0.05, 0.1) is 28.4 Å². The number of fused-ring (bicyclic) bond motifs is 1. The zero-order valence-electron chi connectivity index (χ0n) is 13.4. The fourth-order valence-corrected chi connectivity index (χ4v) is 4.24. The van der Waals surface area contributed by atoms with Crippen LogP contribution in [0.4, 0.5) is 15.8 Å². The Labute approximate surface area is 148 Å². The largest absolute Gasteiger partial charge is 0.478 e. The molecule has 2 aromatic rings. The molecular formula is C17H15FN2O5S. The zero-order valence-corrected chi connectivity index (χ0v) is 14.2. The Balaban J connectivity index is 1.76. The number of amides is 1. The van der Waals surface area contributed by atoms with Gasteiger partial charge in [-0.15, -0.1) is 0 Å². The van der Waals surface area contributed by atoms with E-state index in [1.54, 1.807) is 0 Å². The predicted molar refractivity (Wildman–Crippen MR) is 93.3 cm³/mol. The van der Waals surface area contributed by atoms with Crippen LogP contribution in [-0.4, -0.2) is 37.2 Å². The van der Waals surface area contributed by atoms with Crippen molar-refractivity contribution in [3.63, 3.8) is 0 Å². The minimum atomic E-state index is -3.69. The van der Waals surface area contributed by atoms with Gasteiger partial charge in [-0.05, 0) is 35.9 Å². The van der Waals surface area contributed by atoms with Gasteiger partial charge in [0.25, 0.3) is 0 Å². The average Bonchev–Trinajstić information content (AvgIpc) is 2.54. The summed E-state index contributed by atoms with van der Waals surface area (Å²) in [6.45, 7) is 0. The molecule has 0 aliphatic carbocycles. The highest BCUT2D eigenvalue weighted by Gasteiger charge is 2.30. The quantitative estimate of drug-likeness (QED) is 0.732. The molecule has 7 nitrogen and oxygen atoms in total. The van der Waals surface area contributed by atoms with Gasteiger partial charge in [0.15, 0.2) is 9.84 Å². The van der Waals surface area contributed by atoms with Gasteiger partial charge in [0, 0.05) is 0 Å². The summed E-state index contributed by atoms with van der Waals surface area (Å²) in [4.78, 5) is 23.2. The maximum atomic E-state index is 13.2. The van der Waals surface area contributed by atoms with E-state index in [0.29, 0.717) is 11.3 Å². The topological polar surface area (TPSA) is 113 Å². The van der Waals surface area contributed by atoms with E-state index in [1.165, 1.54) is 36.4 Å². The summed E-state index contributed by atoms with van der Waals surface area (Å²) in [6.07, 6.45) is 0. The first kappa shape index (κ1) is 17.9. The first-order chi connectivity index (χ1) is 12.2. The summed E-state index contributed by atoms with van der Waals surface area (Å²) in [5, 5.41) is 14.3. The molecule has 1 aliphatic heterocycles. The minimum Gasteiger partial charge on any atom is -0.478 e. The van der Waals surface area contributed by atoms with Crippen LogP contribution < -0.4 is 10.6 Å². The van der Waals surface area contributed by atoms with E-state index in [-0.39, 0.29) is 17.0 Å². The molecule has 0 aromatic heterocycles. The Morgan fingerprint density at radius 1 is 1.15 bits per heavy atom. The molecule has 136 valence electrons. The van der Waals surface area contributed by atoms with Crippen LogP contribution in [0.5, 0.6) is 0 Å². The van der Waals surface area contributed by atoms with Gasteiger partial charge < -0.3 is 15.7 Å². The number of hydrogen-bond donors (Lipinski definition) is 3. The number of nitrogens with one attached hydrogen (secondary N) is 2. The van der Waals surface area contributed by atoms with E-state index >= 15 is 0 Å². The summed E-state index contributed by atoms with van der Waals surface area (Å²) in [7, 11) is -3.69. The lowest BCUT2D eigenvalue weighted by Crippen LogP contribution is -2.43. The van der Waals surface area contributed by atoms with Crippen molar-refractivity contribution in [3.8, 4) is 0 Å². The minimum absolute atomic E-state index is 0.00280. The van der Waals surface area contributed by atoms with Crippen LogP contribution in [0.2, 0.25) is 0 Å². The fraction of sp³-hybridized carbons (Fsp3) is 0.176. The van der Waals surface area contributed by atoms with Crippen LogP contribution in [-0.2, 0) is 20.4 Å². The lowest BCUT2D eigenvalue weighted by molar-refractivity contribution is -0.116. The molecule has 1 unspecified atom stereocenters. The molecular weight excluding hydrogens is 363 g/mol. The number of carbonyl (C=O) groups is 2. The Bertz CT molecular complexity index is 990. The molecule has 0 bridgehead atoms. The van der Waals surface area contributed by atoms with Crippen LogP contribution in [0.1, 0.15) is 15.9 Å². The van der Waals surface area contributed by atoms with Gasteiger partial charge in [-0.2, -0.15) is 0 Å². The van der Waals surface area contributed by atoms with Crippen LogP contribution in [0, 0.1) is 5.82 Å². The maximum absolute atomic E-state index is 13.2. The van der Waals surface area contributed by atoms with Crippen molar-refractivity contribution in [2.75, 3.05) is 16.4 Å². The van der Waals surface area contributed by atoms with Crippen molar-refractivity contribution in [1.82, 2.24) is 0 Å². The first-order valence-electron chi connectivity index (χ1n) is 7.63. The van der Waals surface area contributed by atoms with Crippen molar-refractivity contribution in [2.24, 2.45) is 0 Å². The van der Waals surface area contributed by atoms with Crippen LogP contribution in [0.3, 0.4) is 0 Å². The van der Waals surface area contributed by atoms with Crippen molar-refractivity contribution in [3.05, 3.63) is 59.4 Å². The van der Waals surface area contributed by atoms with Crippen molar-refractivity contribution < 1.29 is 27.5 Å². The number of anilines is 2. The fourth-order valence-electron chi connectivity index (χ4n) is 2.69. The highest BCUT2D eigenvalue weighted by Crippen LogP contribution is 2.28. The van der Waals surface area contributed by atoms with E-state index in [1.807, 2.05) is 0 Å². The van der Waals surface area contributed by atoms with E-state index in [0.717, 1.165) is 6.07 Å². The Morgan fingerprint density at radius 2 is 1.92 bits per heavy atom. The molecule has 0 fully saturated rings. The first-order valence-corrected chi connectivity index (χ1v) is 9.45. The number of aromatic carboxylic acids is 1. The third kappa shape index (κ3) is 3.99. The standard InChI is InChI=1S/C17H15FN2O5S/c18-12-3-1-2-10(6-12)8-26(24,25)9-15-16(21)20-14-7-11(17(22)23)4-5-13(14)19-15/h1-7,15,19H,8-9H2,(H,20,21)(H,22,23). The normalized spacial score (nSPS) is 16.3. The number of carboxylic acid groups (broad SMARTS) is 1. The Morgan fingerprint density at radius 3 is 2.62 bits per heavy atom. The number of benzene rings is 2. The SMILES string of the molecule is O=C(O)c1ccc2c(c1)NC(=O)C(CS(=O)(=O)Cc1cccc(F)c1)N2. The summed E-state index contributed by atoms with van der Waals surface area (Å²) in [5.74, 6) is -3.12. The van der Waals surface area contributed by atoms with Crippen molar-refractivity contribution in [1.29, 1.82) is 0 Å². The molecule has 2 aromatic carbocycles. The van der Waals surface area contributed by atoms with Gasteiger partial charge in [0.1, 0.15) is 11.9 Å². The number of rotatable bonds is 5. The Hall–Kier alpha value is -2.94. The lowest BCUT2D eigenvalue weighted by Gasteiger charge is -2.26. The van der Waals surface area contributed by atoms with Gasteiger partial charge in [-0.1, -0.05) is 12.1 Å². The van der Waals surface area contributed by atoms with E-state index < -0.39 is 39.3 Å². The molecule has 0 spiro atoms. The van der Waals surface area contributed by atoms with E-state index in [4.69, 9.17) is 5.11 Å². The number of carbonyl (C=O) groups excluding carboxylic acids is 1. The molecule has 3 N–H and O–H groups in total. The van der Waals surface area contributed by atoms with Gasteiger partial charge in [-0.3, -0.25) is 4.79 Å². The highest BCUT2D eigenvalue weighted by atomic mass is 32.2. The number of halogens is 1. The second-order valence-electron chi connectivity index (χ2n) is 5.94. The summed E-state index contributed by atoms with van der Waals surface area (Å²) in [5.41, 5.74) is 1.00. The average molecular weight is 378 g/mol. The smallest absolute Gasteiger partial charge is 0.335 e. The van der Waals surface area contributed by atoms with Gasteiger partial charge in [-0.25, -0.2) is 17.6 Å². The van der Waals surface area contributed by atoms with Crippen LogP contribution in [0.15, 0.2) is 42.5 Å². The monoisotopic (exact) mass is 378 g/mol. The second kappa shape index (κ2) is 6.75. The van der Waals surface area contributed by atoms with Gasteiger partial charge >= 0.3 is 5.97 Å². The molecule has 0 saturated heterocycles. The number of sulfone groups is 1. The summed E-state index contributed by atoms with van der Waals surface area (Å²) in [6, 6.07) is 8.34. The highest BCUT2D eigenvalue weighted by molar-refractivity contribution is 7.90. The third-order valence-electron chi connectivity index (χ3n) is 3.87. The summed E-state index contributed by atoms with van der Waals surface area (Å²) < 4.78 is 37.9. The van der Waals surface area contributed by atoms with Crippen molar-refractivity contribution >= 4 is 33.1 Å². The molecule has 9 heteroatoms. The van der Waals surface area contributed by atoms with E-state index in [9.17, 15) is 22.4 Å².